The van der Waals surface area contributed by atoms with Crippen molar-refractivity contribution in [1.29, 1.82) is 0 Å². The quantitative estimate of drug-likeness (QED) is 0.816. The van der Waals surface area contributed by atoms with Crippen LogP contribution in [0.2, 0.25) is 0 Å². The number of ether oxygens (including phenoxy) is 2. The van der Waals surface area contributed by atoms with E-state index in [1.807, 2.05) is 24.3 Å². The largest absolute Gasteiger partial charge is 0.497 e. The zero-order valence-electron chi connectivity index (χ0n) is 11.4. The van der Waals surface area contributed by atoms with Crippen LogP contribution in [-0.4, -0.2) is 7.11 Å². The standard InChI is InChI=1S/C16H17BrO2/c1-11-4-7-16(12(2)8-11)19-10-13-9-14(18-3)5-6-15(13)17/h4-9H,10H2,1-3H3. The Morgan fingerprint density at radius 2 is 1.84 bits per heavy atom. The number of rotatable bonds is 4. The molecule has 0 saturated heterocycles. The van der Waals surface area contributed by atoms with Gasteiger partial charge in [-0.2, -0.15) is 0 Å². The molecule has 100 valence electrons. The van der Waals surface area contributed by atoms with E-state index in [1.54, 1.807) is 7.11 Å². The van der Waals surface area contributed by atoms with Crippen molar-refractivity contribution in [2.24, 2.45) is 0 Å². The lowest BCUT2D eigenvalue weighted by molar-refractivity contribution is 0.302. The molecule has 0 radical (unpaired) electrons. The average molecular weight is 321 g/mol. The topological polar surface area (TPSA) is 18.5 Å². The van der Waals surface area contributed by atoms with Gasteiger partial charge in [-0.1, -0.05) is 33.6 Å². The number of aryl methyl sites for hydroxylation is 2. The predicted octanol–water partition coefficient (Wildman–Crippen LogP) is 4.65. The first kappa shape index (κ1) is 13.9. The molecule has 0 spiro atoms. The summed E-state index contributed by atoms with van der Waals surface area (Å²) in [7, 11) is 1.66. The summed E-state index contributed by atoms with van der Waals surface area (Å²) in [6, 6.07) is 12.1. The zero-order chi connectivity index (χ0) is 13.8. The Balaban J connectivity index is 2.14. The van der Waals surface area contributed by atoms with Gasteiger partial charge in [0.2, 0.25) is 0 Å². The Hall–Kier alpha value is -1.48. The summed E-state index contributed by atoms with van der Waals surface area (Å²) in [6.45, 7) is 4.65. The Bertz CT molecular complexity index is 579. The van der Waals surface area contributed by atoms with Crippen molar-refractivity contribution in [3.63, 3.8) is 0 Å². The van der Waals surface area contributed by atoms with Crippen LogP contribution in [0.5, 0.6) is 11.5 Å². The molecule has 0 saturated carbocycles. The van der Waals surface area contributed by atoms with E-state index < -0.39 is 0 Å². The van der Waals surface area contributed by atoms with Gasteiger partial charge in [0, 0.05) is 10.0 Å². The molecule has 2 aromatic carbocycles. The third-order valence-corrected chi connectivity index (χ3v) is 3.74. The molecule has 0 aliphatic heterocycles. The van der Waals surface area contributed by atoms with E-state index in [2.05, 4.69) is 41.9 Å². The van der Waals surface area contributed by atoms with Gasteiger partial charge in [-0.3, -0.25) is 0 Å². The van der Waals surface area contributed by atoms with Gasteiger partial charge < -0.3 is 9.47 Å². The minimum atomic E-state index is 0.516. The van der Waals surface area contributed by atoms with Crippen LogP contribution in [0.1, 0.15) is 16.7 Å². The van der Waals surface area contributed by atoms with Crippen molar-refractivity contribution in [2.75, 3.05) is 7.11 Å². The zero-order valence-corrected chi connectivity index (χ0v) is 13.0. The van der Waals surface area contributed by atoms with Gasteiger partial charge in [0.25, 0.3) is 0 Å². The maximum absolute atomic E-state index is 5.87. The van der Waals surface area contributed by atoms with E-state index in [-0.39, 0.29) is 0 Å². The van der Waals surface area contributed by atoms with Crippen molar-refractivity contribution in [1.82, 2.24) is 0 Å². The first-order chi connectivity index (χ1) is 9.10. The highest BCUT2D eigenvalue weighted by molar-refractivity contribution is 9.10. The van der Waals surface area contributed by atoms with Crippen LogP contribution in [0.4, 0.5) is 0 Å². The van der Waals surface area contributed by atoms with Crippen LogP contribution in [-0.2, 0) is 6.61 Å². The van der Waals surface area contributed by atoms with Crippen LogP contribution >= 0.6 is 15.9 Å². The Morgan fingerprint density at radius 1 is 1.05 bits per heavy atom. The fourth-order valence-electron chi connectivity index (χ4n) is 1.91. The Labute approximate surface area is 122 Å². The van der Waals surface area contributed by atoms with E-state index in [9.17, 15) is 0 Å². The SMILES string of the molecule is COc1ccc(Br)c(COc2ccc(C)cc2C)c1. The first-order valence-corrected chi connectivity index (χ1v) is 6.92. The molecule has 0 aliphatic carbocycles. The lowest BCUT2D eigenvalue weighted by Crippen LogP contribution is -1.99. The van der Waals surface area contributed by atoms with Crippen LogP contribution in [0, 0.1) is 13.8 Å². The molecule has 0 bridgehead atoms. The second-order valence-corrected chi connectivity index (χ2v) is 5.37. The molecule has 0 amide bonds. The second-order valence-electron chi connectivity index (χ2n) is 4.51. The van der Waals surface area contributed by atoms with Crippen LogP contribution in [0.3, 0.4) is 0 Å². The lowest BCUT2D eigenvalue weighted by atomic mass is 10.1. The molecular formula is C16H17BrO2. The molecule has 19 heavy (non-hydrogen) atoms. The summed E-state index contributed by atoms with van der Waals surface area (Å²) in [5, 5.41) is 0. The third kappa shape index (κ3) is 3.51. The summed E-state index contributed by atoms with van der Waals surface area (Å²) in [6.07, 6.45) is 0. The monoisotopic (exact) mass is 320 g/mol. The molecule has 2 rings (SSSR count). The van der Waals surface area contributed by atoms with Crippen LogP contribution < -0.4 is 9.47 Å². The fourth-order valence-corrected chi connectivity index (χ4v) is 2.27. The fraction of sp³-hybridized carbons (Fsp3) is 0.250. The van der Waals surface area contributed by atoms with Gasteiger partial charge in [-0.15, -0.1) is 0 Å². The highest BCUT2D eigenvalue weighted by Crippen LogP contribution is 2.25. The molecule has 2 nitrogen and oxygen atoms in total. The van der Waals surface area contributed by atoms with Crippen molar-refractivity contribution < 1.29 is 9.47 Å². The molecule has 0 aliphatic rings. The van der Waals surface area contributed by atoms with E-state index in [4.69, 9.17) is 9.47 Å². The van der Waals surface area contributed by atoms with Crippen LogP contribution in [0.25, 0.3) is 0 Å². The molecule has 0 unspecified atom stereocenters. The normalized spacial score (nSPS) is 10.3. The number of halogens is 1. The van der Waals surface area contributed by atoms with E-state index in [0.717, 1.165) is 27.1 Å². The summed E-state index contributed by atoms with van der Waals surface area (Å²) >= 11 is 3.53. The molecule has 3 heteroatoms. The predicted molar refractivity (Wildman–Crippen MR) is 80.9 cm³/mol. The maximum atomic E-state index is 5.87. The molecule has 0 fully saturated rings. The van der Waals surface area contributed by atoms with E-state index >= 15 is 0 Å². The van der Waals surface area contributed by atoms with E-state index in [0.29, 0.717) is 6.61 Å². The molecule has 2 aromatic rings. The number of methoxy groups -OCH3 is 1. The molecular weight excluding hydrogens is 304 g/mol. The summed E-state index contributed by atoms with van der Waals surface area (Å²) in [5.74, 6) is 1.75. The highest BCUT2D eigenvalue weighted by Gasteiger charge is 2.05. The molecule has 0 aromatic heterocycles. The van der Waals surface area contributed by atoms with Gasteiger partial charge in [0.05, 0.1) is 7.11 Å². The molecule has 0 heterocycles. The van der Waals surface area contributed by atoms with Gasteiger partial charge in [-0.05, 0) is 43.7 Å². The smallest absolute Gasteiger partial charge is 0.122 e. The number of benzene rings is 2. The highest BCUT2D eigenvalue weighted by atomic mass is 79.9. The Morgan fingerprint density at radius 3 is 2.53 bits per heavy atom. The van der Waals surface area contributed by atoms with Crippen molar-refractivity contribution in [3.05, 3.63) is 57.6 Å². The average Bonchev–Trinajstić information content (AvgIpc) is 2.39. The van der Waals surface area contributed by atoms with Gasteiger partial charge >= 0.3 is 0 Å². The minimum Gasteiger partial charge on any atom is -0.497 e. The third-order valence-electron chi connectivity index (χ3n) is 2.97. The number of hydrogen-bond donors (Lipinski definition) is 0. The first-order valence-electron chi connectivity index (χ1n) is 6.12. The molecule has 0 atom stereocenters. The van der Waals surface area contributed by atoms with Crippen molar-refractivity contribution >= 4 is 15.9 Å². The lowest BCUT2D eigenvalue weighted by Gasteiger charge is -2.12. The van der Waals surface area contributed by atoms with Gasteiger partial charge in [0.1, 0.15) is 18.1 Å². The van der Waals surface area contributed by atoms with Crippen molar-refractivity contribution in [3.8, 4) is 11.5 Å². The minimum absolute atomic E-state index is 0.516. The summed E-state index contributed by atoms with van der Waals surface area (Å²) in [4.78, 5) is 0. The summed E-state index contributed by atoms with van der Waals surface area (Å²) < 4.78 is 12.1. The summed E-state index contributed by atoms with van der Waals surface area (Å²) in [5.41, 5.74) is 3.46. The van der Waals surface area contributed by atoms with Crippen molar-refractivity contribution in [2.45, 2.75) is 20.5 Å². The van der Waals surface area contributed by atoms with Gasteiger partial charge in [0.15, 0.2) is 0 Å². The van der Waals surface area contributed by atoms with Crippen LogP contribution in [0.15, 0.2) is 40.9 Å². The van der Waals surface area contributed by atoms with E-state index in [1.165, 1.54) is 5.56 Å². The number of hydrogen-bond acceptors (Lipinski definition) is 2. The Kier molecular flexibility index (Phi) is 4.48. The van der Waals surface area contributed by atoms with Gasteiger partial charge in [-0.25, -0.2) is 0 Å². The maximum Gasteiger partial charge on any atom is 0.122 e. The second kappa shape index (κ2) is 6.11. The molecule has 0 N–H and O–H groups in total.